The molecule has 7 nitrogen and oxygen atoms in total. The quantitative estimate of drug-likeness (QED) is 0.812. The molecule has 1 aromatic rings. The van der Waals surface area contributed by atoms with Gasteiger partial charge < -0.3 is 15.1 Å². The van der Waals surface area contributed by atoms with Crippen LogP contribution in [0.25, 0.3) is 0 Å². The van der Waals surface area contributed by atoms with Crippen molar-refractivity contribution in [2.24, 2.45) is 5.41 Å². The van der Waals surface area contributed by atoms with Gasteiger partial charge in [-0.25, -0.2) is 0 Å². The van der Waals surface area contributed by atoms with Gasteiger partial charge in [-0.1, -0.05) is 24.3 Å². The van der Waals surface area contributed by atoms with E-state index in [0.717, 1.165) is 24.0 Å². The summed E-state index contributed by atoms with van der Waals surface area (Å²) < 4.78 is 0. The lowest BCUT2D eigenvalue weighted by Crippen LogP contribution is -2.43. The molecule has 1 atom stereocenters. The first-order valence-electron chi connectivity index (χ1n) is 9.30. The van der Waals surface area contributed by atoms with Crippen molar-refractivity contribution in [3.63, 3.8) is 0 Å². The second-order valence-electron chi connectivity index (χ2n) is 7.86. The number of hydrogen-bond acceptors (Lipinski definition) is 4. The smallest absolute Gasteiger partial charge is 0.320 e. The Hall–Kier alpha value is -2.41. The molecule has 27 heavy (non-hydrogen) atoms. The van der Waals surface area contributed by atoms with Crippen molar-refractivity contribution in [3.05, 3.63) is 35.4 Å². The maximum absolute atomic E-state index is 11.8. The molecule has 1 spiro atoms. The van der Waals surface area contributed by atoms with E-state index in [0.29, 0.717) is 32.6 Å². The second-order valence-corrected chi connectivity index (χ2v) is 7.86. The molecule has 3 rings (SSSR count). The summed E-state index contributed by atoms with van der Waals surface area (Å²) >= 11 is 0. The zero-order chi connectivity index (χ0) is 19.6. The van der Waals surface area contributed by atoms with Crippen LogP contribution in [0.5, 0.6) is 0 Å². The van der Waals surface area contributed by atoms with Gasteiger partial charge in [-0.15, -0.1) is 0 Å². The van der Waals surface area contributed by atoms with E-state index in [2.05, 4.69) is 0 Å². The molecule has 2 fully saturated rings. The second kappa shape index (κ2) is 7.68. The van der Waals surface area contributed by atoms with Gasteiger partial charge in [0.15, 0.2) is 0 Å². The summed E-state index contributed by atoms with van der Waals surface area (Å²) in [6.07, 6.45) is 2.28. The van der Waals surface area contributed by atoms with Crippen LogP contribution in [0.3, 0.4) is 0 Å². The van der Waals surface area contributed by atoms with Gasteiger partial charge >= 0.3 is 11.9 Å². The van der Waals surface area contributed by atoms with E-state index in [1.807, 2.05) is 21.9 Å². The fraction of sp³-hybridized carbons (Fsp3) is 0.550. The number of aliphatic carboxylic acids is 2. The molecule has 2 aliphatic rings. The highest BCUT2D eigenvalue weighted by Gasteiger charge is 2.48. The van der Waals surface area contributed by atoms with Crippen molar-refractivity contribution >= 4 is 17.8 Å². The third-order valence-electron chi connectivity index (χ3n) is 5.92. The maximum atomic E-state index is 11.8. The number of rotatable bonds is 5. The Labute approximate surface area is 158 Å². The Morgan fingerprint density at radius 3 is 2.19 bits per heavy atom. The van der Waals surface area contributed by atoms with Gasteiger partial charge in [-0.2, -0.15) is 0 Å². The van der Waals surface area contributed by atoms with E-state index in [1.165, 1.54) is 0 Å². The van der Waals surface area contributed by atoms with Gasteiger partial charge in [0, 0.05) is 33.1 Å². The highest BCUT2D eigenvalue weighted by molar-refractivity contribution is 5.74. The average molecular weight is 374 g/mol. The molecule has 0 radical (unpaired) electrons. The zero-order valence-corrected chi connectivity index (χ0v) is 15.6. The summed E-state index contributed by atoms with van der Waals surface area (Å²) in [5.74, 6) is -1.59. The van der Waals surface area contributed by atoms with E-state index in [-0.39, 0.29) is 17.7 Å². The van der Waals surface area contributed by atoms with Gasteiger partial charge in [-0.3, -0.25) is 19.3 Å². The van der Waals surface area contributed by atoms with Crippen molar-refractivity contribution in [3.8, 4) is 0 Å². The number of carboxylic acid groups (broad SMARTS) is 2. The van der Waals surface area contributed by atoms with Crippen molar-refractivity contribution in [2.45, 2.75) is 45.2 Å². The minimum atomic E-state index is -0.868. The first-order valence-corrected chi connectivity index (χ1v) is 9.30. The minimum Gasteiger partial charge on any atom is -0.481 e. The van der Waals surface area contributed by atoms with E-state index < -0.39 is 18.0 Å². The largest absolute Gasteiger partial charge is 0.481 e. The molecule has 2 heterocycles. The normalized spacial score (nSPS) is 22.1. The number of benzene rings is 1. The van der Waals surface area contributed by atoms with Gasteiger partial charge in [0.1, 0.15) is 6.04 Å². The SMILES string of the molecule is CC(=O)N1CCC2(CC1)CC(C(=O)O)N(Cc1ccc(CC(=O)O)cc1)C2. The Balaban J connectivity index is 1.68. The lowest BCUT2D eigenvalue weighted by Gasteiger charge is -2.39. The molecule has 0 bridgehead atoms. The van der Waals surface area contributed by atoms with E-state index in [9.17, 15) is 19.5 Å². The third-order valence-corrected chi connectivity index (χ3v) is 5.92. The standard InChI is InChI=1S/C20H26N2O5/c1-14(23)21-8-6-20(7-9-21)11-17(19(26)27)22(13-20)12-16-4-2-15(3-5-16)10-18(24)25/h2-5,17H,6-13H2,1H3,(H,24,25)(H,26,27). The molecule has 2 N–H and O–H groups in total. The predicted octanol–water partition coefficient (Wildman–Crippen LogP) is 1.60. The zero-order valence-electron chi connectivity index (χ0n) is 15.6. The molecule has 146 valence electrons. The summed E-state index contributed by atoms with van der Waals surface area (Å²) in [7, 11) is 0. The fourth-order valence-corrected chi connectivity index (χ4v) is 4.38. The topological polar surface area (TPSA) is 98.2 Å². The predicted molar refractivity (Wildman–Crippen MR) is 98.2 cm³/mol. The number of piperidine rings is 1. The van der Waals surface area contributed by atoms with Crippen LogP contribution in [0, 0.1) is 5.41 Å². The summed E-state index contributed by atoms with van der Waals surface area (Å²) in [4.78, 5) is 38.0. The number of hydrogen-bond donors (Lipinski definition) is 2. The third kappa shape index (κ3) is 4.47. The molecule has 1 unspecified atom stereocenters. The lowest BCUT2D eigenvalue weighted by molar-refractivity contribution is -0.142. The molecule has 2 aliphatic heterocycles. The van der Waals surface area contributed by atoms with Crippen LogP contribution in [0.2, 0.25) is 0 Å². The van der Waals surface area contributed by atoms with Crippen molar-refractivity contribution in [2.75, 3.05) is 19.6 Å². The number of carboxylic acids is 2. The molecule has 0 aliphatic carbocycles. The molecule has 0 aromatic heterocycles. The number of likely N-dealkylation sites (tertiary alicyclic amines) is 2. The van der Waals surface area contributed by atoms with Crippen LogP contribution in [0.15, 0.2) is 24.3 Å². The van der Waals surface area contributed by atoms with Gasteiger partial charge in [0.2, 0.25) is 5.91 Å². The Morgan fingerprint density at radius 1 is 1.07 bits per heavy atom. The molecule has 7 heteroatoms. The fourth-order valence-electron chi connectivity index (χ4n) is 4.38. The van der Waals surface area contributed by atoms with Gasteiger partial charge in [0.25, 0.3) is 0 Å². The number of amides is 1. The summed E-state index contributed by atoms with van der Waals surface area (Å²) in [5, 5.41) is 18.5. The molecule has 2 saturated heterocycles. The van der Waals surface area contributed by atoms with Gasteiger partial charge in [-0.05, 0) is 35.8 Å². The number of carbonyl (C=O) groups is 3. The Bertz CT molecular complexity index is 722. The Morgan fingerprint density at radius 2 is 1.67 bits per heavy atom. The van der Waals surface area contributed by atoms with Crippen LogP contribution in [0.1, 0.15) is 37.3 Å². The van der Waals surface area contributed by atoms with Gasteiger partial charge in [0.05, 0.1) is 6.42 Å². The Kier molecular flexibility index (Phi) is 5.51. The van der Waals surface area contributed by atoms with Crippen LogP contribution in [-0.4, -0.2) is 63.5 Å². The molecular formula is C20H26N2O5. The monoisotopic (exact) mass is 374 g/mol. The molecule has 0 saturated carbocycles. The molecular weight excluding hydrogens is 348 g/mol. The highest BCUT2D eigenvalue weighted by Crippen LogP contribution is 2.44. The van der Waals surface area contributed by atoms with E-state index in [1.54, 1.807) is 19.1 Å². The average Bonchev–Trinajstić information content (AvgIpc) is 2.95. The van der Waals surface area contributed by atoms with Crippen molar-refractivity contribution in [1.29, 1.82) is 0 Å². The molecule has 1 amide bonds. The van der Waals surface area contributed by atoms with Crippen LogP contribution < -0.4 is 0 Å². The minimum absolute atomic E-state index is 0.0164. The lowest BCUT2D eigenvalue weighted by atomic mass is 9.76. The van der Waals surface area contributed by atoms with Crippen molar-refractivity contribution < 1.29 is 24.6 Å². The van der Waals surface area contributed by atoms with E-state index in [4.69, 9.17) is 5.11 Å². The first-order chi connectivity index (χ1) is 12.8. The first kappa shape index (κ1) is 19.4. The van der Waals surface area contributed by atoms with Crippen LogP contribution in [0.4, 0.5) is 0 Å². The molecule has 1 aromatic carbocycles. The van der Waals surface area contributed by atoms with E-state index >= 15 is 0 Å². The van der Waals surface area contributed by atoms with Crippen molar-refractivity contribution in [1.82, 2.24) is 9.80 Å². The van der Waals surface area contributed by atoms with Crippen LogP contribution >= 0.6 is 0 Å². The van der Waals surface area contributed by atoms with Crippen LogP contribution in [-0.2, 0) is 27.3 Å². The summed E-state index contributed by atoms with van der Waals surface area (Å²) in [6.45, 7) is 4.21. The number of carbonyl (C=O) groups excluding carboxylic acids is 1. The summed E-state index contributed by atoms with van der Waals surface area (Å²) in [6, 6.07) is 6.81. The number of nitrogens with zero attached hydrogens (tertiary/aromatic N) is 2. The highest BCUT2D eigenvalue weighted by atomic mass is 16.4. The summed E-state index contributed by atoms with van der Waals surface area (Å²) in [5.41, 5.74) is 1.67. The maximum Gasteiger partial charge on any atom is 0.320 e.